The molecule has 21 heavy (non-hydrogen) atoms. The molecule has 0 aliphatic carbocycles. The second-order valence-corrected chi connectivity index (χ2v) is 5.55. The van der Waals surface area contributed by atoms with E-state index in [1.807, 2.05) is 30.5 Å². The molecule has 0 unspecified atom stereocenters. The first-order valence-corrected chi connectivity index (χ1v) is 7.24. The van der Waals surface area contributed by atoms with E-state index in [0.29, 0.717) is 17.4 Å². The van der Waals surface area contributed by atoms with Gasteiger partial charge in [0.15, 0.2) is 0 Å². The van der Waals surface area contributed by atoms with Crippen LogP contribution < -0.4 is 4.74 Å². The van der Waals surface area contributed by atoms with Crippen molar-refractivity contribution in [1.29, 1.82) is 0 Å². The highest BCUT2D eigenvalue weighted by molar-refractivity contribution is 6.32. The van der Waals surface area contributed by atoms with Gasteiger partial charge in [0, 0.05) is 24.3 Å². The number of fused-ring (bicyclic) bond motifs is 1. The summed E-state index contributed by atoms with van der Waals surface area (Å²) in [7, 11) is 2.06. The molecule has 0 N–H and O–H groups in total. The second kappa shape index (κ2) is 5.41. The molecule has 3 aromatic rings. The molecule has 4 heteroatoms. The van der Waals surface area contributed by atoms with Crippen molar-refractivity contribution in [3.05, 3.63) is 58.5 Å². The molecule has 0 amide bonds. The lowest BCUT2D eigenvalue weighted by atomic mass is 10.2. The summed E-state index contributed by atoms with van der Waals surface area (Å²) in [6.45, 7) is 4.65. The van der Waals surface area contributed by atoms with Crippen LogP contribution in [0.2, 0.25) is 5.02 Å². The number of para-hydroxylation sites is 1. The lowest BCUT2D eigenvalue weighted by Crippen LogP contribution is -2.02. The number of aryl methyl sites for hydroxylation is 2. The fraction of sp³-hybridized carbons (Fsp3) is 0.235. The van der Waals surface area contributed by atoms with E-state index in [9.17, 15) is 0 Å². The third-order valence-electron chi connectivity index (χ3n) is 3.99. The smallest absolute Gasteiger partial charge is 0.138 e. The fourth-order valence-electron chi connectivity index (χ4n) is 2.60. The summed E-state index contributed by atoms with van der Waals surface area (Å²) in [6.07, 6.45) is 1.83. The zero-order chi connectivity index (χ0) is 15.0. The van der Waals surface area contributed by atoms with Crippen LogP contribution in [-0.2, 0) is 13.7 Å². The number of nitrogens with zero attached hydrogens (tertiary/aromatic N) is 2. The number of ether oxygens (including phenoxy) is 1. The number of pyridine rings is 1. The molecule has 0 radical (unpaired) electrons. The number of rotatable bonds is 3. The van der Waals surface area contributed by atoms with Crippen LogP contribution in [0.25, 0.3) is 10.9 Å². The van der Waals surface area contributed by atoms with Gasteiger partial charge in [-0.3, -0.25) is 4.98 Å². The number of aromatic nitrogens is 2. The SMILES string of the molecule is Cc1c(C)n(C)c2c(COc3ccccc3Cl)nccc12. The molecule has 2 heterocycles. The van der Waals surface area contributed by atoms with Gasteiger partial charge in [0.2, 0.25) is 0 Å². The molecule has 3 rings (SSSR count). The summed E-state index contributed by atoms with van der Waals surface area (Å²) in [5.74, 6) is 0.681. The number of halogens is 1. The van der Waals surface area contributed by atoms with E-state index in [-0.39, 0.29) is 0 Å². The lowest BCUT2D eigenvalue weighted by molar-refractivity contribution is 0.302. The van der Waals surface area contributed by atoms with Gasteiger partial charge in [0.1, 0.15) is 18.1 Å². The minimum Gasteiger partial charge on any atom is -0.486 e. The van der Waals surface area contributed by atoms with Crippen LogP contribution in [-0.4, -0.2) is 9.55 Å². The molecule has 108 valence electrons. The fourth-order valence-corrected chi connectivity index (χ4v) is 2.79. The monoisotopic (exact) mass is 300 g/mol. The molecule has 0 atom stereocenters. The van der Waals surface area contributed by atoms with Crippen molar-refractivity contribution in [3.8, 4) is 5.75 Å². The Bertz CT molecular complexity index is 808. The first-order chi connectivity index (χ1) is 10.1. The van der Waals surface area contributed by atoms with E-state index < -0.39 is 0 Å². The summed E-state index contributed by atoms with van der Waals surface area (Å²) < 4.78 is 8.00. The van der Waals surface area contributed by atoms with E-state index in [1.54, 1.807) is 0 Å². The van der Waals surface area contributed by atoms with E-state index in [1.165, 1.54) is 16.6 Å². The summed E-state index contributed by atoms with van der Waals surface area (Å²) in [4.78, 5) is 4.48. The van der Waals surface area contributed by atoms with Gasteiger partial charge in [-0.05, 0) is 37.6 Å². The number of hydrogen-bond donors (Lipinski definition) is 0. The Morgan fingerprint density at radius 2 is 1.95 bits per heavy atom. The van der Waals surface area contributed by atoms with Crippen LogP contribution in [0.15, 0.2) is 36.5 Å². The van der Waals surface area contributed by atoms with Gasteiger partial charge in [-0.25, -0.2) is 0 Å². The predicted octanol–water partition coefficient (Wildman–Crippen LogP) is 4.42. The summed E-state index contributed by atoms with van der Waals surface area (Å²) >= 11 is 6.12. The van der Waals surface area contributed by atoms with Gasteiger partial charge in [-0.1, -0.05) is 23.7 Å². The highest BCUT2D eigenvalue weighted by Gasteiger charge is 2.13. The van der Waals surface area contributed by atoms with E-state index in [4.69, 9.17) is 16.3 Å². The van der Waals surface area contributed by atoms with Crippen molar-refractivity contribution in [2.24, 2.45) is 7.05 Å². The minimum absolute atomic E-state index is 0.401. The summed E-state index contributed by atoms with van der Waals surface area (Å²) in [6, 6.07) is 9.53. The van der Waals surface area contributed by atoms with Gasteiger partial charge in [0.05, 0.1) is 10.5 Å². The first-order valence-electron chi connectivity index (χ1n) is 6.86. The summed E-state index contributed by atoms with van der Waals surface area (Å²) in [5.41, 5.74) is 4.58. The first kappa shape index (κ1) is 14.0. The van der Waals surface area contributed by atoms with Crippen molar-refractivity contribution in [1.82, 2.24) is 9.55 Å². The van der Waals surface area contributed by atoms with Crippen LogP contribution in [0.5, 0.6) is 5.75 Å². The van der Waals surface area contributed by atoms with Crippen LogP contribution in [0.3, 0.4) is 0 Å². The average molecular weight is 301 g/mol. The molecule has 0 saturated carbocycles. The molecule has 1 aromatic carbocycles. The molecule has 0 fully saturated rings. The van der Waals surface area contributed by atoms with Gasteiger partial charge in [0.25, 0.3) is 0 Å². The molecule has 0 bridgehead atoms. The van der Waals surface area contributed by atoms with Gasteiger partial charge in [-0.2, -0.15) is 0 Å². The molecular weight excluding hydrogens is 284 g/mol. The summed E-state index contributed by atoms with van der Waals surface area (Å²) in [5, 5.41) is 1.84. The van der Waals surface area contributed by atoms with Crippen LogP contribution in [0.4, 0.5) is 0 Å². The Morgan fingerprint density at radius 1 is 1.19 bits per heavy atom. The van der Waals surface area contributed by atoms with Crippen molar-refractivity contribution >= 4 is 22.5 Å². The Labute approximate surface area is 129 Å². The maximum atomic E-state index is 6.12. The Kier molecular flexibility index (Phi) is 3.60. The van der Waals surface area contributed by atoms with Crippen molar-refractivity contribution in [2.75, 3.05) is 0 Å². The Balaban J connectivity index is 1.98. The van der Waals surface area contributed by atoms with Crippen molar-refractivity contribution < 1.29 is 4.74 Å². The molecular formula is C17H17ClN2O. The van der Waals surface area contributed by atoms with E-state index in [2.05, 4.69) is 36.5 Å². The highest BCUT2D eigenvalue weighted by atomic mass is 35.5. The normalized spacial score (nSPS) is 11.0. The van der Waals surface area contributed by atoms with E-state index >= 15 is 0 Å². The largest absolute Gasteiger partial charge is 0.486 e. The zero-order valence-corrected chi connectivity index (χ0v) is 13.1. The standard InChI is InChI=1S/C17H17ClN2O/c1-11-12(2)20(3)17-13(11)8-9-19-15(17)10-21-16-7-5-4-6-14(16)18/h4-9H,10H2,1-3H3. The maximum absolute atomic E-state index is 6.12. The van der Waals surface area contributed by atoms with Crippen LogP contribution in [0.1, 0.15) is 17.0 Å². The minimum atomic E-state index is 0.401. The van der Waals surface area contributed by atoms with Crippen LogP contribution >= 0.6 is 11.6 Å². The topological polar surface area (TPSA) is 27.1 Å². The predicted molar refractivity (Wildman–Crippen MR) is 86.0 cm³/mol. The van der Waals surface area contributed by atoms with Gasteiger partial charge >= 0.3 is 0 Å². The number of benzene rings is 1. The zero-order valence-electron chi connectivity index (χ0n) is 12.4. The Morgan fingerprint density at radius 3 is 2.71 bits per heavy atom. The molecule has 0 aliphatic heterocycles. The quantitative estimate of drug-likeness (QED) is 0.716. The molecule has 0 aliphatic rings. The van der Waals surface area contributed by atoms with E-state index in [0.717, 1.165) is 11.2 Å². The number of hydrogen-bond acceptors (Lipinski definition) is 2. The van der Waals surface area contributed by atoms with Gasteiger partial charge in [-0.15, -0.1) is 0 Å². The van der Waals surface area contributed by atoms with Crippen LogP contribution in [0, 0.1) is 13.8 Å². The average Bonchev–Trinajstić information content (AvgIpc) is 2.72. The lowest BCUT2D eigenvalue weighted by Gasteiger charge is -2.09. The third-order valence-corrected chi connectivity index (χ3v) is 4.30. The highest BCUT2D eigenvalue weighted by Crippen LogP contribution is 2.28. The maximum Gasteiger partial charge on any atom is 0.138 e. The van der Waals surface area contributed by atoms with Crippen molar-refractivity contribution in [2.45, 2.75) is 20.5 Å². The molecule has 0 saturated heterocycles. The Hall–Kier alpha value is -2.00. The van der Waals surface area contributed by atoms with Gasteiger partial charge < -0.3 is 9.30 Å². The van der Waals surface area contributed by atoms with Crippen molar-refractivity contribution in [3.63, 3.8) is 0 Å². The third kappa shape index (κ3) is 2.38. The molecule has 0 spiro atoms. The second-order valence-electron chi connectivity index (χ2n) is 5.14. The molecule has 3 nitrogen and oxygen atoms in total. The molecule has 2 aromatic heterocycles.